The second kappa shape index (κ2) is 12.6. The summed E-state index contributed by atoms with van der Waals surface area (Å²) >= 11 is 2.74. The molecule has 0 bridgehead atoms. The van der Waals surface area contributed by atoms with E-state index in [1.807, 2.05) is 19.6 Å². The van der Waals surface area contributed by atoms with Gasteiger partial charge in [0.15, 0.2) is 0 Å². The summed E-state index contributed by atoms with van der Waals surface area (Å²) in [6, 6.07) is 8.36. The lowest BCUT2D eigenvalue weighted by atomic mass is 9.94. The maximum atomic E-state index is 13.1. The average Bonchev–Trinajstić information content (AvgIpc) is 3.22. The molecule has 1 heterocycles. The molecular formula is C23H27F2N5O2S2. The number of hydrogen-bond acceptors (Lipinski definition) is 7. The highest BCUT2D eigenvalue weighted by atomic mass is 32.2. The van der Waals surface area contributed by atoms with Crippen molar-refractivity contribution < 1.29 is 18.4 Å². The van der Waals surface area contributed by atoms with E-state index in [0.29, 0.717) is 17.9 Å². The Hall–Kier alpha value is -2.76. The van der Waals surface area contributed by atoms with Gasteiger partial charge in [-0.25, -0.2) is 23.3 Å². The Morgan fingerprint density at radius 3 is 2.59 bits per heavy atom. The van der Waals surface area contributed by atoms with Gasteiger partial charge in [-0.15, -0.1) is 11.3 Å². The molecule has 1 aliphatic carbocycles. The average molecular weight is 508 g/mol. The molecule has 0 aliphatic heterocycles. The quantitative estimate of drug-likeness (QED) is 0.309. The van der Waals surface area contributed by atoms with Gasteiger partial charge in [0.1, 0.15) is 17.9 Å². The Kier molecular flexibility index (Phi) is 9.61. The van der Waals surface area contributed by atoms with Crippen LogP contribution in [-0.4, -0.2) is 43.5 Å². The lowest BCUT2D eigenvalue weighted by Crippen LogP contribution is -2.43. The van der Waals surface area contributed by atoms with Crippen LogP contribution in [0.5, 0.6) is 0 Å². The SMILES string of the molecule is CN(C)c1ccc2scnc2c1.O=CC(Cc1cc(F)cc(F)c1)NC(=O)NSNC1CCC1. The normalized spacial score (nSPS) is 13.9. The lowest BCUT2D eigenvalue weighted by molar-refractivity contribution is -0.109. The van der Waals surface area contributed by atoms with E-state index in [1.165, 1.54) is 16.8 Å². The third-order valence-electron chi connectivity index (χ3n) is 5.16. The van der Waals surface area contributed by atoms with Gasteiger partial charge in [0.05, 0.1) is 21.8 Å². The monoisotopic (exact) mass is 507 g/mol. The first-order valence-corrected chi connectivity index (χ1v) is 12.4. The molecule has 0 spiro atoms. The molecule has 1 aliphatic rings. The predicted octanol–water partition coefficient (Wildman–Crippen LogP) is 4.44. The van der Waals surface area contributed by atoms with Gasteiger partial charge in [0.25, 0.3) is 0 Å². The number of amides is 2. The molecule has 1 unspecified atom stereocenters. The third kappa shape index (κ3) is 7.93. The zero-order chi connectivity index (χ0) is 24.5. The fourth-order valence-electron chi connectivity index (χ4n) is 3.12. The summed E-state index contributed by atoms with van der Waals surface area (Å²) in [5.41, 5.74) is 4.47. The first-order chi connectivity index (χ1) is 16.3. The number of rotatable bonds is 8. The Morgan fingerprint density at radius 2 is 1.97 bits per heavy atom. The van der Waals surface area contributed by atoms with E-state index in [1.54, 1.807) is 11.3 Å². The van der Waals surface area contributed by atoms with Crippen LogP contribution in [0.4, 0.5) is 19.3 Å². The fourth-order valence-corrected chi connectivity index (χ4v) is 4.40. The van der Waals surface area contributed by atoms with Crippen LogP contribution in [0.25, 0.3) is 10.2 Å². The Morgan fingerprint density at radius 1 is 1.24 bits per heavy atom. The van der Waals surface area contributed by atoms with Gasteiger partial charge in [-0.05, 0) is 55.2 Å². The van der Waals surface area contributed by atoms with E-state index in [4.69, 9.17) is 0 Å². The topological polar surface area (TPSA) is 86.4 Å². The van der Waals surface area contributed by atoms with Crippen LogP contribution in [0.3, 0.4) is 0 Å². The maximum Gasteiger partial charge on any atom is 0.326 e. The number of nitrogens with zero attached hydrogens (tertiary/aromatic N) is 2. The van der Waals surface area contributed by atoms with Crippen molar-refractivity contribution in [2.75, 3.05) is 19.0 Å². The minimum atomic E-state index is -0.856. The summed E-state index contributed by atoms with van der Waals surface area (Å²) in [4.78, 5) is 29.0. The number of anilines is 1. The van der Waals surface area contributed by atoms with Crippen LogP contribution < -0.4 is 19.7 Å². The van der Waals surface area contributed by atoms with Crippen molar-refractivity contribution >= 4 is 51.7 Å². The van der Waals surface area contributed by atoms with Crippen LogP contribution in [-0.2, 0) is 11.2 Å². The largest absolute Gasteiger partial charge is 0.378 e. The number of benzene rings is 2. The highest BCUT2D eigenvalue weighted by Gasteiger charge is 2.18. The predicted molar refractivity (Wildman–Crippen MR) is 134 cm³/mol. The first kappa shape index (κ1) is 25.9. The molecular weight excluding hydrogens is 480 g/mol. The van der Waals surface area contributed by atoms with Gasteiger partial charge < -0.3 is 15.0 Å². The van der Waals surface area contributed by atoms with Crippen LogP contribution in [0.2, 0.25) is 0 Å². The molecule has 11 heteroatoms. The number of hydrogen-bond donors (Lipinski definition) is 3. The molecule has 0 radical (unpaired) electrons. The molecule has 3 N–H and O–H groups in total. The van der Waals surface area contributed by atoms with Crippen LogP contribution >= 0.6 is 23.5 Å². The number of aldehydes is 1. The molecule has 1 fully saturated rings. The minimum absolute atomic E-state index is 0.0202. The van der Waals surface area contributed by atoms with Gasteiger partial charge in [-0.1, -0.05) is 6.42 Å². The zero-order valence-corrected chi connectivity index (χ0v) is 20.5. The molecule has 7 nitrogen and oxygen atoms in total. The van der Waals surface area contributed by atoms with E-state index < -0.39 is 23.7 Å². The number of urea groups is 1. The number of thiazole rings is 1. The van der Waals surface area contributed by atoms with Gasteiger partial charge >= 0.3 is 6.03 Å². The second-order valence-electron chi connectivity index (χ2n) is 8.05. The van der Waals surface area contributed by atoms with Gasteiger partial charge in [-0.2, -0.15) is 0 Å². The molecule has 2 amide bonds. The maximum absolute atomic E-state index is 13.1. The highest BCUT2D eigenvalue weighted by Crippen LogP contribution is 2.22. The summed E-state index contributed by atoms with van der Waals surface area (Å²) in [5.74, 6) is -1.44. The van der Waals surface area contributed by atoms with Crippen LogP contribution in [0, 0.1) is 11.6 Å². The van der Waals surface area contributed by atoms with E-state index in [0.717, 1.165) is 48.7 Å². The molecule has 1 aromatic heterocycles. The van der Waals surface area contributed by atoms with Crippen LogP contribution in [0.1, 0.15) is 24.8 Å². The Labute approximate surface area is 205 Å². The van der Waals surface area contributed by atoms with Crippen LogP contribution in [0.15, 0.2) is 41.9 Å². The first-order valence-electron chi connectivity index (χ1n) is 10.7. The molecule has 34 heavy (non-hydrogen) atoms. The smallest absolute Gasteiger partial charge is 0.326 e. The summed E-state index contributed by atoms with van der Waals surface area (Å²) < 4.78 is 33.0. The number of nitrogens with one attached hydrogen (secondary N) is 3. The zero-order valence-electron chi connectivity index (χ0n) is 18.9. The van der Waals surface area contributed by atoms with Gasteiger partial charge in [0.2, 0.25) is 0 Å². The number of halogens is 2. The standard InChI is InChI=1S/C14H17F2N3O2S.C9H10N2S/c15-10-4-9(5-11(16)7-10)6-13(8-20)17-14(21)19-22-18-12-2-1-3-12;1-11(2)7-3-4-9-8(5-7)10-6-12-9/h4-5,7-8,12-13,18H,1-3,6H2,(H2,17,19,21);3-6H,1-2H3. The third-order valence-corrected chi connectivity index (χ3v) is 6.71. The van der Waals surface area contributed by atoms with Gasteiger partial charge in [0, 0.05) is 44.0 Å². The van der Waals surface area contributed by atoms with Crippen molar-refractivity contribution in [2.45, 2.75) is 37.8 Å². The summed E-state index contributed by atoms with van der Waals surface area (Å²) in [6.45, 7) is 0. The molecule has 3 aromatic rings. The van der Waals surface area contributed by atoms with Crippen molar-refractivity contribution in [2.24, 2.45) is 0 Å². The second-order valence-corrected chi connectivity index (χ2v) is 9.58. The number of carbonyl (C=O) groups is 2. The molecule has 2 aromatic carbocycles. The van der Waals surface area contributed by atoms with Crippen molar-refractivity contribution in [3.05, 3.63) is 59.1 Å². The van der Waals surface area contributed by atoms with Gasteiger partial charge in [-0.3, -0.25) is 4.72 Å². The fraction of sp³-hybridized carbons (Fsp3) is 0.348. The van der Waals surface area contributed by atoms with E-state index in [2.05, 4.69) is 42.8 Å². The Bertz CT molecular complexity index is 1090. The van der Waals surface area contributed by atoms with Crippen molar-refractivity contribution in [3.63, 3.8) is 0 Å². The van der Waals surface area contributed by atoms with Crippen molar-refractivity contribution in [1.82, 2.24) is 19.7 Å². The number of fused-ring (bicyclic) bond motifs is 1. The van der Waals surface area contributed by atoms with Crippen molar-refractivity contribution in [3.8, 4) is 0 Å². The van der Waals surface area contributed by atoms with Crippen molar-refractivity contribution in [1.29, 1.82) is 0 Å². The molecule has 182 valence electrons. The van der Waals surface area contributed by atoms with E-state index in [-0.39, 0.29) is 6.42 Å². The highest BCUT2D eigenvalue weighted by molar-refractivity contribution is 7.96. The number of aromatic nitrogens is 1. The molecule has 4 rings (SSSR count). The van der Waals surface area contributed by atoms with E-state index in [9.17, 15) is 18.4 Å². The molecule has 1 saturated carbocycles. The summed E-state index contributed by atoms with van der Waals surface area (Å²) in [5, 5.41) is 2.44. The van der Waals surface area contributed by atoms with E-state index >= 15 is 0 Å². The summed E-state index contributed by atoms with van der Waals surface area (Å²) in [6.07, 6.45) is 3.90. The molecule has 0 saturated heterocycles. The number of carbonyl (C=O) groups excluding carboxylic acids is 2. The minimum Gasteiger partial charge on any atom is -0.378 e. The Balaban J connectivity index is 0.000000226. The summed E-state index contributed by atoms with van der Waals surface area (Å²) in [7, 11) is 4.07. The molecule has 1 atom stereocenters. The lowest BCUT2D eigenvalue weighted by Gasteiger charge is -2.25.